The number of nitrogens with two attached hydrogens (primary N) is 1. The maximum atomic E-state index is 13.3. The summed E-state index contributed by atoms with van der Waals surface area (Å²) in [5.41, 5.74) is 9.88. The summed E-state index contributed by atoms with van der Waals surface area (Å²) in [6.45, 7) is 2.07. The highest BCUT2D eigenvalue weighted by atomic mass is 16.5. The number of carbonyl (C=O) groups is 2. The molecule has 0 aliphatic heterocycles. The Morgan fingerprint density at radius 1 is 1.03 bits per heavy atom. The number of aryl methyl sites for hydroxylation is 1. The molecule has 0 unspecified atom stereocenters. The van der Waals surface area contributed by atoms with E-state index >= 15 is 0 Å². The highest BCUT2D eigenvalue weighted by Gasteiger charge is 2.26. The van der Waals surface area contributed by atoms with Gasteiger partial charge in [0.1, 0.15) is 11.4 Å². The molecule has 6 heteroatoms. The van der Waals surface area contributed by atoms with Gasteiger partial charge in [-0.25, -0.2) is 0 Å². The second-order valence-electron chi connectivity index (χ2n) is 7.16. The zero-order chi connectivity index (χ0) is 22.0. The zero-order valence-electron chi connectivity index (χ0n) is 17.4. The largest absolute Gasteiger partial charge is 0.497 e. The molecular formula is C25H23N3O3. The van der Waals surface area contributed by atoms with Gasteiger partial charge in [-0.1, -0.05) is 37.3 Å². The number of nitrogens with one attached hydrogen (secondary N) is 1. The molecule has 1 amide bonds. The molecule has 2 heterocycles. The number of pyridine rings is 1. The second-order valence-corrected chi connectivity index (χ2v) is 7.16. The number of amides is 1. The van der Waals surface area contributed by atoms with Crippen LogP contribution in [-0.2, 0) is 6.42 Å². The van der Waals surface area contributed by atoms with Crippen molar-refractivity contribution in [3.05, 3.63) is 95.3 Å². The molecule has 0 aliphatic carbocycles. The number of ketones is 1. The van der Waals surface area contributed by atoms with E-state index in [2.05, 4.69) is 12.2 Å². The van der Waals surface area contributed by atoms with Gasteiger partial charge in [0, 0.05) is 17.4 Å². The summed E-state index contributed by atoms with van der Waals surface area (Å²) in [5.74, 6) is -0.0853. The third kappa shape index (κ3) is 3.75. The van der Waals surface area contributed by atoms with Crippen LogP contribution >= 0.6 is 0 Å². The van der Waals surface area contributed by atoms with Gasteiger partial charge >= 0.3 is 0 Å². The smallest absolute Gasteiger partial charge is 0.259 e. The molecule has 0 aliphatic rings. The van der Waals surface area contributed by atoms with Crippen molar-refractivity contribution >= 4 is 28.6 Å². The van der Waals surface area contributed by atoms with Crippen molar-refractivity contribution in [2.45, 2.75) is 13.3 Å². The van der Waals surface area contributed by atoms with E-state index in [0.717, 1.165) is 6.42 Å². The fourth-order valence-electron chi connectivity index (χ4n) is 3.62. The Kier molecular flexibility index (Phi) is 5.45. The fraction of sp³-hybridized carbons (Fsp3) is 0.120. The molecule has 4 aromatic rings. The van der Waals surface area contributed by atoms with Gasteiger partial charge in [0.05, 0.1) is 23.9 Å². The number of ether oxygens (including phenoxy) is 1. The lowest BCUT2D eigenvalue weighted by Gasteiger charge is -2.07. The minimum Gasteiger partial charge on any atom is -0.497 e. The van der Waals surface area contributed by atoms with Crippen LogP contribution in [0.2, 0.25) is 0 Å². The number of benzene rings is 2. The summed E-state index contributed by atoms with van der Waals surface area (Å²) in [7, 11) is 1.54. The number of aromatic nitrogens is 1. The summed E-state index contributed by atoms with van der Waals surface area (Å²) in [5, 5.41) is 2.89. The van der Waals surface area contributed by atoms with E-state index in [1.807, 2.05) is 24.3 Å². The minimum absolute atomic E-state index is 0.140. The molecule has 6 nitrogen and oxygen atoms in total. The van der Waals surface area contributed by atoms with Crippen molar-refractivity contribution in [1.29, 1.82) is 0 Å². The van der Waals surface area contributed by atoms with Crippen LogP contribution < -0.4 is 15.8 Å². The number of carbonyl (C=O) groups excluding carboxylic acids is 2. The summed E-state index contributed by atoms with van der Waals surface area (Å²) in [6.07, 6.45) is 2.65. The van der Waals surface area contributed by atoms with Crippen molar-refractivity contribution in [3.8, 4) is 5.75 Å². The highest BCUT2D eigenvalue weighted by molar-refractivity contribution is 6.20. The number of nitrogens with zero attached hydrogens (tertiary/aromatic N) is 1. The number of nitrogen functional groups attached to an aromatic ring is 1. The molecule has 0 fully saturated rings. The third-order valence-electron chi connectivity index (χ3n) is 5.28. The van der Waals surface area contributed by atoms with E-state index in [-0.39, 0.29) is 28.6 Å². The molecule has 0 saturated heterocycles. The summed E-state index contributed by atoms with van der Waals surface area (Å²) >= 11 is 0. The fourth-order valence-corrected chi connectivity index (χ4v) is 3.62. The van der Waals surface area contributed by atoms with E-state index in [0.29, 0.717) is 22.5 Å². The number of hydrogen-bond acceptors (Lipinski definition) is 4. The van der Waals surface area contributed by atoms with E-state index in [1.165, 1.54) is 5.56 Å². The van der Waals surface area contributed by atoms with Crippen LogP contribution in [-0.4, -0.2) is 23.2 Å². The van der Waals surface area contributed by atoms with Gasteiger partial charge < -0.3 is 20.2 Å². The highest BCUT2D eigenvalue weighted by Crippen LogP contribution is 2.30. The molecule has 2 aromatic carbocycles. The maximum absolute atomic E-state index is 13.3. The minimum atomic E-state index is -0.366. The van der Waals surface area contributed by atoms with E-state index in [9.17, 15) is 9.59 Å². The molecule has 0 spiro atoms. The Morgan fingerprint density at radius 2 is 1.81 bits per heavy atom. The maximum Gasteiger partial charge on any atom is 0.259 e. The zero-order valence-corrected chi connectivity index (χ0v) is 17.4. The van der Waals surface area contributed by atoms with Crippen molar-refractivity contribution in [3.63, 3.8) is 0 Å². The number of methoxy groups -OCH3 is 1. The first-order chi connectivity index (χ1) is 15.0. The molecule has 3 N–H and O–H groups in total. The van der Waals surface area contributed by atoms with Gasteiger partial charge in [0.15, 0.2) is 0 Å². The first-order valence-corrected chi connectivity index (χ1v) is 10.0. The predicted octanol–water partition coefficient (Wildman–Crippen LogP) is 4.58. The lowest BCUT2D eigenvalue weighted by atomic mass is 10.1. The molecular weight excluding hydrogens is 390 g/mol. The molecule has 0 saturated carbocycles. The molecule has 2 aromatic heterocycles. The quantitative estimate of drug-likeness (QED) is 0.453. The van der Waals surface area contributed by atoms with E-state index in [1.54, 1.807) is 60.2 Å². The topological polar surface area (TPSA) is 85.8 Å². The molecule has 0 radical (unpaired) electrons. The predicted molar refractivity (Wildman–Crippen MR) is 122 cm³/mol. The summed E-state index contributed by atoms with van der Waals surface area (Å²) in [4.78, 5) is 26.5. The molecule has 4 rings (SSSR count). The van der Waals surface area contributed by atoms with Crippen LogP contribution in [0.25, 0.3) is 5.52 Å². The number of fused-ring (bicyclic) bond motifs is 1. The van der Waals surface area contributed by atoms with Crippen LogP contribution in [0.3, 0.4) is 0 Å². The van der Waals surface area contributed by atoms with Crippen molar-refractivity contribution in [2.75, 3.05) is 18.2 Å². The Labute approximate surface area is 180 Å². The SMILES string of the molecule is CCc1ccc(NC(=O)c2c(N)c(C(=O)c3cccc(OC)c3)n3ccccc23)cc1. The van der Waals surface area contributed by atoms with Gasteiger partial charge in [-0.3, -0.25) is 9.59 Å². The van der Waals surface area contributed by atoms with Crippen LogP contribution in [0, 0.1) is 0 Å². The molecule has 0 bridgehead atoms. The number of hydrogen-bond donors (Lipinski definition) is 2. The van der Waals surface area contributed by atoms with E-state index < -0.39 is 0 Å². The molecule has 156 valence electrons. The first kappa shape index (κ1) is 20.2. The van der Waals surface area contributed by atoms with Crippen LogP contribution in [0.15, 0.2) is 72.9 Å². The van der Waals surface area contributed by atoms with Gasteiger partial charge in [-0.05, 0) is 48.4 Å². The van der Waals surface area contributed by atoms with Crippen molar-refractivity contribution < 1.29 is 14.3 Å². The summed E-state index contributed by atoms with van der Waals surface area (Å²) in [6, 6.07) is 19.9. The molecule has 0 atom stereocenters. The Hall–Kier alpha value is -4.06. The Balaban J connectivity index is 1.77. The van der Waals surface area contributed by atoms with Crippen molar-refractivity contribution in [2.24, 2.45) is 0 Å². The monoisotopic (exact) mass is 413 g/mol. The second kappa shape index (κ2) is 8.36. The normalized spacial score (nSPS) is 10.8. The average molecular weight is 413 g/mol. The van der Waals surface area contributed by atoms with Gasteiger partial charge in [-0.2, -0.15) is 0 Å². The van der Waals surface area contributed by atoms with Crippen LogP contribution in [0.5, 0.6) is 5.75 Å². The standard InChI is InChI=1S/C25H23N3O3/c1-3-16-10-12-18(13-11-16)27-25(30)21-20-9-4-5-14-28(20)23(22(21)26)24(29)17-7-6-8-19(15-17)31-2/h4-15H,3,26H2,1-2H3,(H,27,30). The van der Waals surface area contributed by atoms with Crippen LogP contribution in [0.4, 0.5) is 11.4 Å². The number of rotatable bonds is 6. The lowest BCUT2D eigenvalue weighted by molar-refractivity contribution is 0.102. The third-order valence-corrected chi connectivity index (χ3v) is 5.28. The lowest BCUT2D eigenvalue weighted by Crippen LogP contribution is -2.14. The van der Waals surface area contributed by atoms with Crippen molar-refractivity contribution in [1.82, 2.24) is 4.40 Å². The Bertz CT molecular complexity index is 1270. The number of anilines is 2. The Morgan fingerprint density at radius 3 is 2.52 bits per heavy atom. The van der Waals surface area contributed by atoms with E-state index in [4.69, 9.17) is 10.5 Å². The van der Waals surface area contributed by atoms with Gasteiger partial charge in [0.2, 0.25) is 5.78 Å². The van der Waals surface area contributed by atoms with Gasteiger partial charge in [-0.15, -0.1) is 0 Å². The van der Waals surface area contributed by atoms with Gasteiger partial charge in [0.25, 0.3) is 5.91 Å². The summed E-state index contributed by atoms with van der Waals surface area (Å²) < 4.78 is 6.89. The average Bonchev–Trinajstić information content (AvgIpc) is 3.10. The van der Waals surface area contributed by atoms with Crippen LogP contribution in [0.1, 0.15) is 38.9 Å². The molecule has 31 heavy (non-hydrogen) atoms. The first-order valence-electron chi connectivity index (χ1n) is 10.0.